The van der Waals surface area contributed by atoms with Crippen LogP contribution in [0.15, 0.2) is 24.5 Å². The fourth-order valence-corrected chi connectivity index (χ4v) is 2.41. The van der Waals surface area contributed by atoms with Crippen molar-refractivity contribution in [2.45, 2.75) is 26.2 Å². The molecule has 19 heavy (non-hydrogen) atoms. The third-order valence-electron chi connectivity index (χ3n) is 3.31. The molecule has 0 fully saturated rings. The van der Waals surface area contributed by atoms with Gasteiger partial charge in [-0.3, -0.25) is 4.98 Å². The first-order chi connectivity index (χ1) is 9.26. The fourth-order valence-electron chi connectivity index (χ4n) is 2.41. The Morgan fingerprint density at radius 2 is 2.16 bits per heavy atom. The van der Waals surface area contributed by atoms with Crippen molar-refractivity contribution in [1.82, 2.24) is 9.97 Å². The van der Waals surface area contributed by atoms with Gasteiger partial charge in [-0.05, 0) is 49.4 Å². The monoisotopic (exact) mass is 250 g/mol. The molecule has 0 saturated heterocycles. The van der Waals surface area contributed by atoms with E-state index in [1.165, 1.54) is 5.56 Å². The van der Waals surface area contributed by atoms with E-state index >= 15 is 0 Å². The second-order valence-electron chi connectivity index (χ2n) is 4.83. The van der Waals surface area contributed by atoms with E-state index in [9.17, 15) is 5.26 Å². The summed E-state index contributed by atoms with van der Waals surface area (Å²) >= 11 is 0. The highest BCUT2D eigenvalue weighted by Crippen LogP contribution is 2.26. The zero-order valence-corrected chi connectivity index (χ0v) is 10.8. The third-order valence-corrected chi connectivity index (χ3v) is 3.31. The zero-order valence-electron chi connectivity index (χ0n) is 10.8. The van der Waals surface area contributed by atoms with Crippen LogP contribution in [-0.2, 0) is 12.8 Å². The van der Waals surface area contributed by atoms with Crippen molar-refractivity contribution in [1.29, 1.82) is 5.26 Å². The van der Waals surface area contributed by atoms with E-state index in [-0.39, 0.29) is 0 Å². The number of hydrogen-bond donors (Lipinski definition) is 1. The molecule has 0 spiro atoms. The molecule has 1 aliphatic rings. The van der Waals surface area contributed by atoms with Gasteiger partial charge in [0.1, 0.15) is 11.9 Å². The standard InChI is InChI=1S/C15H14N4/c1-10-5-13(9-17-8-10)18-15-12(7-16)6-11-3-2-4-14(11)19-15/h5-6,8-9H,2-4H2,1H3,(H,18,19). The average Bonchev–Trinajstić information content (AvgIpc) is 2.85. The Balaban J connectivity index is 1.99. The minimum absolute atomic E-state index is 0.599. The number of aryl methyl sites for hydroxylation is 3. The van der Waals surface area contributed by atoms with E-state index in [0.29, 0.717) is 11.4 Å². The number of rotatable bonds is 2. The van der Waals surface area contributed by atoms with Crippen LogP contribution < -0.4 is 5.32 Å². The molecular weight excluding hydrogens is 236 g/mol. The molecule has 0 aromatic carbocycles. The molecule has 0 bridgehead atoms. The number of fused-ring (bicyclic) bond motifs is 1. The first-order valence-electron chi connectivity index (χ1n) is 6.38. The molecule has 0 atom stereocenters. The Hall–Kier alpha value is -2.41. The zero-order chi connectivity index (χ0) is 13.2. The van der Waals surface area contributed by atoms with E-state index in [2.05, 4.69) is 21.4 Å². The van der Waals surface area contributed by atoms with Crippen molar-refractivity contribution in [3.05, 3.63) is 46.9 Å². The molecule has 1 N–H and O–H groups in total. The van der Waals surface area contributed by atoms with Crippen LogP contribution in [0.5, 0.6) is 0 Å². The topological polar surface area (TPSA) is 61.6 Å². The van der Waals surface area contributed by atoms with Crippen molar-refractivity contribution >= 4 is 11.5 Å². The fraction of sp³-hybridized carbons (Fsp3) is 0.267. The highest BCUT2D eigenvalue weighted by Gasteiger charge is 2.16. The smallest absolute Gasteiger partial charge is 0.148 e. The summed E-state index contributed by atoms with van der Waals surface area (Å²) < 4.78 is 0. The number of nitrogens with zero attached hydrogens (tertiary/aromatic N) is 3. The number of nitrogens with one attached hydrogen (secondary N) is 1. The molecule has 0 unspecified atom stereocenters. The maximum Gasteiger partial charge on any atom is 0.148 e. The van der Waals surface area contributed by atoms with Crippen LogP contribution in [0.2, 0.25) is 0 Å². The average molecular weight is 250 g/mol. The maximum absolute atomic E-state index is 9.24. The van der Waals surface area contributed by atoms with E-state index in [1.54, 1.807) is 12.4 Å². The second kappa shape index (κ2) is 4.69. The van der Waals surface area contributed by atoms with Gasteiger partial charge in [0.05, 0.1) is 17.4 Å². The summed E-state index contributed by atoms with van der Waals surface area (Å²) in [7, 11) is 0. The number of pyridine rings is 2. The summed E-state index contributed by atoms with van der Waals surface area (Å²) in [4.78, 5) is 8.72. The van der Waals surface area contributed by atoms with Crippen LogP contribution in [-0.4, -0.2) is 9.97 Å². The summed E-state index contributed by atoms with van der Waals surface area (Å²) in [6, 6.07) is 6.16. The van der Waals surface area contributed by atoms with Crippen molar-refractivity contribution < 1.29 is 0 Å². The molecule has 0 radical (unpaired) electrons. The lowest BCUT2D eigenvalue weighted by Crippen LogP contribution is -2.01. The number of nitriles is 1. The molecule has 4 heteroatoms. The first kappa shape index (κ1) is 11.7. The van der Waals surface area contributed by atoms with Gasteiger partial charge in [0.2, 0.25) is 0 Å². The minimum atomic E-state index is 0.599. The largest absolute Gasteiger partial charge is 0.338 e. The Bertz CT molecular complexity index is 670. The molecule has 0 amide bonds. The number of hydrogen-bond acceptors (Lipinski definition) is 4. The van der Waals surface area contributed by atoms with Crippen LogP contribution in [0.3, 0.4) is 0 Å². The van der Waals surface area contributed by atoms with Crippen LogP contribution >= 0.6 is 0 Å². The number of aromatic nitrogens is 2. The van der Waals surface area contributed by atoms with Crippen molar-refractivity contribution in [2.24, 2.45) is 0 Å². The maximum atomic E-state index is 9.24. The Morgan fingerprint density at radius 3 is 2.95 bits per heavy atom. The van der Waals surface area contributed by atoms with Crippen LogP contribution in [0.4, 0.5) is 11.5 Å². The van der Waals surface area contributed by atoms with E-state index < -0.39 is 0 Å². The summed E-state index contributed by atoms with van der Waals surface area (Å²) in [5.74, 6) is 0.635. The highest BCUT2D eigenvalue weighted by molar-refractivity contribution is 5.63. The van der Waals surface area contributed by atoms with Gasteiger partial charge in [-0.25, -0.2) is 4.98 Å². The Morgan fingerprint density at radius 1 is 1.26 bits per heavy atom. The molecular formula is C15H14N4. The van der Waals surface area contributed by atoms with E-state index in [1.807, 2.05) is 19.1 Å². The lowest BCUT2D eigenvalue weighted by atomic mass is 10.1. The van der Waals surface area contributed by atoms with Gasteiger partial charge in [-0.15, -0.1) is 0 Å². The SMILES string of the molecule is Cc1cncc(Nc2nc3c(cc2C#N)CCC3)c1. The minimum Gasteiger partial charge on any atom is -0.338 e. The molecule has 1 aliphatic carbocycles. The second-order valence-corrected chi connectivity index (χ2v) is 4.83. The molecule has 4 nitrogen and oxygen atoms in total. The highest BCUT2D eigenvalue weighted by atomic mass is 15.0. The summed E-state index contributed by atoms with van der Waals surface area (Å²) in [5, 5.41) is 12.4. The van der Waals surface area contributed by atoms with Gasteiger partial charge in [-0.2, -0.15) is 5.26 Å². The summed E-state index contributed by atoms with van der Waals surface area (Å²) in [6.45, 7) is 1.99. The number of anilines is 2. The molecule has 2 heterocycles. The van der Waals surface area contributed by atoms with Gasteiger partial charge >= 0.3 is 0 Å². The molecule has 94 valence electrons. The molecule has 0 aliphatic heterocycles. The van der Waals surface area contributed by atoms with Gasteiger partial charge < -0.3 is 5.32 Å². The van der Waals surface area contributed by atoms with Crippen LogP contribution in [0.1, 0.15) is 28.8 Å². The van der Waals surface area contributed by atoms with Gasteiger partial charge in [0.25, 0.3) is 0 Å². The molecule has 3 rings (SSSR count). The van der Waals surface area contributed by atoms with Crippen molar-refractivity contribution in [2.75, 3.05) is 5.32 Å². The normalized spacial score (nSPS) is 12.8. The Labute approximate surface area is 112 Å². The van der Waals surface area contributed by atoms with Crippen molar-refractivity contribution in [3.63, 3.8) is 0 Å². The molecule has 2 aromatic rings. The van der Waals surface area contributed by atoms with Gasteiger partial charge in [0.15, 0.2) is 0 Å². The quantitative estimate of drug-likeness (QED) is 0.890. The van der Waals surface area contributed by atoms with Crippen LogP contribution in [0, 0.1) is 18.3 Å². The van der Waals surface area contributed by atoms with Crippen molar-refractivity contribution in [3.8, 4) is 6.07 Å². The van der Waals surface area contributed by atoms with E-state index in [4.69, 9.17) is 0 Å². The lowest BCUT2D eigenvalue weighted by Gasteiger charge is -2.09. The summed E-state index contributed by atoms with van der Waals surface area (Å²) in [5.41, 5.74) is 4.86. The predicted molar refractivity (Wildman–Crippen MR) is 73.2 cm³/mol. The predicted octanol–water partition coefficient (Wildman–Crippen LogP) is 2.89. The van der Waals surface area contributed by atoms with E-state index in [0.717, 1.165) is 36.2 Å². The molecule has 0 saturated carbocycles. The first-order valence-corrected chi connectivity index (χ1v) is 6.38. The van der Waals surface area contributed by atoms with Gasteiger partial charge in [0, 0.05) is 11.9 Å². The van der Waals surface area contributed by atoms with Gasteiger partial charge in [-0.1, -0.05) is 0 Å². The third kappa shape index (κ3) is 2.27. The summed E-state index contributed by atoms with van der Waals surface area (Å²) in [6.07, 6.45) is 6.70. The lowest BCUT2D eigenvalue weighted by molar-refractivity contribution is 0.900. The van der Waals surface area contributed by atoms with Crippen LogP contribution in [0.25, 0.3) is 0 Å². The molecule has 2 aromatic heterocycles. The Kier molecular flexibility index (Phi) is 2.88.